The molecule has 10 nitrogen and oxygen atoms in total. The van der Waals surface area contributed by atoms with Gasteiger partial charge in [0.2, 0.25) is 17.7 Å². The van der Waals surface area contributed by atoms with Crippen LogP contribution in [-0.2, 0) is 19.1 Å². The highest BCUT2D eigenvalue weighted by molar-refractivity contribution is 6.05. The third-order valence-electron chi connectivity index (χ3n) is 8.15. The summed E-state index contributed by atoms with van der Waals surface area (Å²) in [7, 11) is 1.56. The van der Waals surface area contributed by atoms with Gasteiger partial charge in [0.15, 0.2) is 0 Å². The van der Waals surface area contributed by atoms with Crippen molar-refractivity contribution in [3.8, 4) is 11.5 Å². The number of hydrogen-bond acceptors (Lipinski definition) is 7. The summed E-state index contributed by atoms with van der Waals surface area (Å²) in [5.74, 6) is -1.30. The van der Waals surface area contributed by atoms with Gasteiger partial charge in [-0.25, -0.2) is 0 Å². The van der Waals surface area contributed by atoms with Gasteiger partial charge >= 0.3 is 0 Å². The number of hydrogen-bond donors (Lipinski definition) is 3. The molecular formula is C29H35N3O7. The number of anilines is 2. The zero-order valence-corrected chi connectivity index (χ0v) is 22.4. The molecule has 1 spiro atoms. The molecule has 3 aliphatic heterocycles. The number of rotatable bonds is 10. The Bertz CT molecular complexity index is 1210. The predicted octanol–water partition coefficient (Wildman–Crippen LogP) is 2.82. The number of amides is 3. The molecule has 10 heteroatoms. The van der Waals surface area contributed by atoms with Crippen LogP contribution in [0.4, 0.5) is 11.4 Å². The number of methoxy groups -OCH3 is 1. The summed E-state index contributed by atoms with van der Waals surface area (Å²) in [4.78, 5) is 42.9. The number of nitrogens with one attached hydrogen (secondary N) is 2. The number of aliphatic hydroxyl groups is 1. The van der Waals surface area contributed by atoms with E-state index < -0.39 is 41.5 Å². The van der Waals surface area contributed by atoms with Crippen molar-refractivity contribution < 1.29 is 33.7 Å². The number of likely N-dealkylation sites (tertiary alicyclic amines) is 1. The van der Waals surface area contributed by atoms with Gasteiger partial charge < -0.3 is 34.9 Å². The summed E-state index contributed by atoms with van der Waals surface area (Å²) in [6.45, 7) is 3.98. The fourth-order valence-electron chi connectivity index (χ4n) is 6.41. The minimum atomic E-state index is -1.15. The quantitative estimate of drug-likeness (QED) is 0.425. The molecule has 3 saturated heterocycles. The lowest BCUT2D eigenvalue weighted by Crippen LogP contribution is -2.56. The van der Waals surface area contributed by atoms with Crippen molar-refractivity contribution in [3.05, 3.63) is 48.5 Å². The van der Waals surface area contributed by atoms with Crippen LogP contribution in [0.1, 0.15) is 33.1 Å². The second-order valence-corrected chi connectivity index (χ2v) is 10.2. The first-order chi connectivity index (χ1) is 18.9. The van der Waals surface area contributed by atoms with Crippen molar-refractivity contribution in [2.75, 3.05) is 31.0 Å². The first-order valence-corrected chi connectivity index (χ1v) is 13.5. The molecule has 2 unspecified atom stereocenters. The van der Waals surface area contributed by atoms with Crippen molar-refractivity contribution in [3.63, 3.8) is 0 Å². The second-order valence-electron chi connectivity index (χ2n) is 10.2. The van der Waals surface area contributed by atoms with Gasteiger partial charge in [-0.2, -0.15) is 0 Å². The number of carbonyl (C=O) groups is 3. The van der Waals surface area contributed by atoms with E-state index in [1.54, 1.807) is 55.6 Å². The number of nitrogens with zero attached hydrogens (tertiary/aromatic N) is 1. The molecule has 3 amide bonds. The molecule has 3 aliphatic rings. The summed E-state index contributed by atoms with van der Waals surface area (Å²) < 4.78 is 17.1. The molecule has 0 aliphatic carbocycles. The highest BCUT2D eigenvalue weighted by atomic mass is 16.5. The molecule has 5 rings (SSSR count). The van der Waals surface area contributed by atoms with E-state index in [9.17, 15) is 19.5 Å². The Morgan fingerprint density at radius 1 is 1.05 bits per heavy atom. The lowest BCUT2D eigenvalue weighted by atomic mass is 9.70. The van der Waals surface area contributed by atoms with Gasteiger partial charge in [-0.05, 0) is 74.7 Å². The Morgan fingerprint density at radius 2 is 1.67 bits per heavy atom. The van der Waals surface area contributed by atoms with Crippen LogP contribution in [0.2, 0.25) is 0 Å². The van der Waals surface area contributed by atoms with Gasteiger partial charge in [0, 0.05) is 11.4 Å². The largest absolute Gasteiger partial charge is 0.497 e. The van der Waals surface area contributed by atoms with E-state index in [-0.39, 0.29) is 18.4 Å². The van der Waals surface area contributed by atoms with Crippen LogP contribution >= 0.6 is 0 Å². The summed E-state index contributed by atoms with van der Waals surface area (Å²) in [6.07, 6.45) is 1.000. The van der Waals surface area contributed by atoms with Crippen molar-refractivity contribution in [2.24, 2.45) is 11.8 Å². The van der Waals surface area contributed by atoms with Crippen LogP contribution in [0.3, 0.4) is 0 Å². The van der Waals surface area contributed by atoms with Crippen LogP contribution in [0.15, 0.2) is 48.5 Å². The van der Waals surface area contributed by atoms with Gasteiger partial charge in [0.25, 0.3) is 0 Å². The Hall–Kier alpha value is -3.63. The van der Waals surface area contributed by atoms with Crippen molar-refractivity contribution in [1.82, 2.24) is 4.90 Å². The molecule has 0 saturated carbocycles. The summed E-state index contributed by atoms with van der Waals surface area (Å²) in [5.41, 5.74) is -0.0255. The standard InChI is InChI=1S/C29H35N3O7/c1-4-19(16-33)32-25(27(35)31-18-6-10-20(37-3)11-7-18)29-15-14-22(39-29)23(24(29)28(32)36)26(34)30-17-8-12-21(13-9-17)38-5-2/h6-13,19,22-25,33H,4-5,14-16H2,1-3H3,(H,30,34)(H,31,35)/t19-,22-,23+,24-,25?,29?/m0/s1. The molecule has 2 aromatic rings. The van der Waals surface area contributed by atoms with Crippen molar-refractivity contribution >= 4 is 29.1 Å². The van der Waals surface area contributed by atoms with E-state index in [4.69, 9.17) is 14.2 Å². The molecule has 2 bridgehead atoms. The average Bonchev–Trinajstić information content (AvgIpc) is 3.59. The molecule has 0 radical (unpaired) electrons. The Balaban J connectivity index is 1.43. The number of fused-ring (bicyclic) bond motifs is 1. The van der Waals surface area contributed by atoms with Crippen LogP contribution in [-0.4, -0.2) is 71.8 Å². The van der Waals surface area contributed by atoms with Crippen LogP contribution in [0.5, 0.6) is 11.5 Å². The maximum Gasteiger partial charge on any atom is 0.250 e. The van der Waals surface area contributed by atoms with Gasteiger partial charge in [-0.3, -0.25) is 14.4 Å². The fraction of sp³-hybridized carbons (Fsp3) is 0.483. The normalized spacial score (nSPS) is 27.7. The number of benzene rings is 2. The lowest BCUT2D eigenvalue weighted by Gasteiger charge is -2.36. The number of ether oxygens (including phenoxy) is 3. The second kappa shape index (κ2) is 10.9. The maximum absolute atomic E-state index is 14.0. The highest BCUT2D eigenvalue weighted by Gasteiger charge is 2.75. The van der Waals surface area contributed by atoms with Gasteiger partial charge in [-0.1, -0.05) is 6.92 Å². The predicted molar refractivity (Wildman–Crippen MR) is 143 cm³/mol. The van der Waals surface area contributed by atoms with Crippen molar-refractivity contribution in [1.29, 1.82) is 0 Å². The molecule has 3 heterocycles. The Morgan fingerprint density at radius 3 is 2.23 bits per heavy atom. The monoisotopic (exact) mass is 537 g/mol. The van der Waals surface area contributed by atoms with E-state index in [0.717, 1.165) is 0 Å². The van der Waals surface area contributed by atoms with E-state index in [1.165, 1.54) is 4.90 Å². The van der Waals surface area contributed by atoms with Gasteiger partial charge in [0.05, 0.1) is 44.3 Å². The topological polar surface area (TPSA) is 126 Å². The van der Waals surface area contributed by atoms with Gasteiger partial charge in [0.1, 0.15) is 23.1 Å². The van der Waals surface area contributed by atoms with Crippen LogP contribution in [0.25, 0.3) is 0 Å². The average molecular weight is 538 g/mol. The molecule has 0 aromatic heterocycles. The zero-order valence-electron chi connectivity index (χ0n) is 22.4. The van der Waals surface area contributed by atoms with Crippen molar-refractivity contribution in [2.45, 2.75) is 56.9 Å². The van der Waals surface area contributed by atoms with Crippen LogP contribution < -0.4 is 20.1 Å². The summed E-state index contributed by atoms with van der Waals surface area (Å²) >= 11 is 0. The molecule has 6 atom stereocenters. The summed E-state index contributed by atoms with van der Waals surface area (Å²) in [6, 6.07) is 12.4. The third-order valence-corrected chi connectivity index (χ3v) is 8.15. The van der Waals surface area contributed by atoms with Crippen LogP contribution in [0, 0.1) is 11.8 Å². The Kier molecular flexibility index (Phi) is 7.51. The zero-order chi connectivity index (χ0) is 27.7. The molecule has 39 heavy (non-hydrogen) atoms. The molecule has 3 fully saturated rings. The SMILES string of the molecule is CCOc1ccc(NC(=O)[C@@H]2[C@@H]3CCC4(O3)C(C(=O)Nc3ccc(OC)cc3)N([C@@H](CC)CO)C(=O)[C@H]24)cc1. The molecular weight excluding hydrogens is 502 g/mol. The summed E-state index contributed by atoms with van der Waals surface area (Å²) in [5, 5.41) is 16.0. The maximum atomic E-state index is 14.0. The molecule has 3 N–H and O–H groups in total. The lowest BCUT2D eigenvalue weighted by molar-refractivity contribution is -0.143. The number of carbonyl (C=O) groups excluding carboxylic acids is 3. The highest BCUT2D eigenvalue weighted by Crippen LogP contribution is 2.59. The first kappa shape index (κ1) is 27.0. The molecule has 208 valence electrons. The van der Waals surface area contributed by atoms with E-state index >= 15 is 0 Å². The Labute approximate surface area is 227 Å². The minimum Gasteiger partial charge on any atom is -0.497 e. The van der Waals surface area contributed by atoms with Gasteiger partial charge in [-0.15, -0.1) is 0 Å². The number of aliphatic hydroxyl groups excluding tert-OH is 1. The van der Waals surface area contributed by atoms with E-state index in [1.807, 2.05) is 13.8 Å². The third kappa shape index (κ3) is 4.61. The minimum absolute atomic E-state index is 0.302. The van der Waals surface area contributed by atoms with E-state index in [2.05, 4.69) is 10.6 Å². The van der Waals surface area contributed by atoms with E-state index in [0.29, 0.717) is 48.7 Å². The first-order valence-electron chi connectivity index (χ1n) is 13.5. The fourth-order valence-corrected chi connectivity index (χ4v) is 6.41. The smallest absolute Gasteiger partial charge is 0.250 e. The molecule has 2 aromatic carbocycles.